The van der Waals surface area contributed by atoms with Crippen molar-refractivity contribution in [1.82, 2.24) is 19.1 Å². The fraction of sp³-hybridized carbons (Fsp3) is 0.435. The summed E-state index contributed by atoms with van der Waals surface area (Å²) in [5.74, 6) is -0.0330. The molecule has 0 saturated heterocycles. The summed E-state index contributed by atoms with van der Waals surface area (Å²) >= 11 is 0. The third-order valence-corrected chi connectivity index (χ3v) is 8.91. The fourth-order valence-corrected chi connectivity index (χ4v) is 7.07. The Balaban J connectivity index is 1.54. The number of pyridine rings is 1. The van der Waals surface area contributed by atoms with Crippen LogP contribution in [0.3, 0.4) is 0 Å². The van der Waals surface area contributed by atoms with E-state index < -0.39 is 28.8 Å². The minimum atomic E-state index is -4.68. The molecular weight excluding hydrogens is 497 g/mol. The van der Waals surface area contributed by atoms with E-state index in [-0.39, 0.29) is 39.2 Å². The van der Waals surface area contributed by atoms with E-state index in [0.29, 0.717) is 15.5 Å². The van der Waals surface area contributed by atoms with E-state index in [9.17, 15) is 31.6 Å². The summed E-state index contributed by atoms with van der Waals surface area (Å²) in [4.78, 5) is 15.2. The number of H-pyrrole nitrogens is 1. The van der Waals surface area contributed by atoms with E-state index in [2.05, 4.69) is 21.5 Å². The predicted octanol–water partition coefficient (Wildman–Crippen LogP) is 4.35. The maximum absolute atomic E-state index is 13.0. The molecule has 3 unspecified atom stereocenters. The van der Waals surface area contributed by atoms with Gasteiger partial charge in [-0.3, -0.25) is 9.48 Å². The van der Waals surface area contributed by atoms with Crippen LogP contribution in [-0.4, -0.2) is 40.2 Å². The second kappa shape index (κ2) is 8.63. The molecule has 2 aromatic heterocycles. The normalized spacial score (nSPS) is 23.9. The first kappa shape index (κ1) is 24.3. The number of nitrogens with zero attached hydrogens (tertiary/aromatic N) is 4. The number of anilines is 2. The molecule has 0 amide bonds. The highest BCUT2D eigenvalue weighted by atomic mass is 32.2. The van der Waals surface area contributed by atoms with Gasteiger partial charge in [-0.05, 0) is 49.6 Å². The van der Waals surface area contributed by atoms with E-state index in [1.54, 1.807) is 10.7 Å². The molecule has 36 heavy (non-hydrogen) atoms. The Bertz CT molecular complexity index is 1540. The van der Waals surface area contributed by atoms with Gasteiger partial charge in [-0.15, -0.1) is 0 Å². The molecule has 5 rings (SSSR count). The van der Waals surface area contributed by atoms with Crippen molar-refractivity contribution in [1.29, 1.82) is 5.26 Å². The van der Waals surface area contributed by atoms with Gasteiger partial charge in [0.1, 0.15) is 11.9 Å². The summed E-state index contributed by atoms with van der Waals surface area (Å²) in [6.45, 7) is -0.182. The van der Waals surface area contributed by atoms with Crippen molar-refractivity contribution in [2.24, 2.45) is 5.92 Å². The summed E-state index contributed by atoms with van der Waals surface area (Å²) in [6, 6.07) is 6.99. The van der Waals surface area contributed by atoms with Gasteiger partial charge in [0, 0.05) is 17.9 Å². The van der Waals surface area contributed by atoms with Crippen molar-refractivity contribution in [3.05, 3.63) is 46.4 Å². The summed E-state index contributed by atoms with van der Waals surface area (Å²) in [7, 11) is -4.30. The average molecular weight is 521 g/mol. The van der Waals surface area contributed by atoms with Gasteiger partial charge in [-0.1, -0.05) is 12.8 Å². The topological polar surface area (TPSA) is 124 Å². The molecule has 9 nitrogen and oxygen atoms in total. The first-order valence-corrected chi connectivity index (χ1v) is 12.9. The van der Waals surface area contributed by atoms with Crippen molar-refractivity contribution >= 4 is 32.4 Å². The number of sulfonamides is 1. The van der Waals surface area contributed by atoms with Crippen molar-refractivity contribution in [2.45, 2.75) is 55.8 Å². The van der Waals surface area contributed by atoms with Crippen molar-refractivity contribution in [2.75, 3.05) is 11.9 Å². The molecule has 2 aliphatic rings. The zero-order chi connectivity index (χ0) is 25.8. The number of hydrogen-bond donors (Lipinski definition) is 2. The molecule has 1 saturated carbocycles. The predicted molar refractivity (Wildman–Crippen MR) is 125 cm³/mol. The Morgan fingerprint density at radius 1 is 1.25 bits per heavy atom. The SMILES string of the molecule is CC1c2cc(Nc3nn(C4CCCCC4C#N)c4cc[nH]c(=O)c34)ccc2S(=O)(=O)N1CC(F)(F)F. The van der Waals surface area contributed by atoms with Crippen LogP contribution in [0.25, 0.3) is 10.9 Å². The lowest BCUT2D eigenvalue weighted by Gasteiger charge is -2.27. The maximum atomic E-state index is 13.0. The molecule has 0 bridgehead atoms. The van der Waals surface area contributed by atoms with Crippen LogP contribution >= 0.6 is 0 Å². The Labute approximate surface area is 204 Å². The summed E-state index contributed by atoms with van der Waals surface area (Å²) < 4.78 is 66.6. The monoisotopic (exact) mass is 520 g/mol. The largest absolute Gasteiger partial charge is 0.402 e. The minimum Gasteiger partial charge on any atom is -0.338 e. The number of benzene rings is 1. The Kier molecular flexibility index (Phi) is 5.83. The molecule has 190 valence electrons. The second-order valence-electron chi connectivity index (χ2n) is 9.17. The molecule has 1 aliphatic heterocycles. The van der Waals surface area contributed by atoms with Crippen LogP contribution in [-0.2, 0) is 10.0 Å². The Morgan fingerprint density at radius 2 is 2.00 bits per heavy atom. The zero-order valence-corrected chi connectivity index (χ0v) is 20.0. The van der Waals surface area contributed by atoms with E-state index >= 15 is 0 Å². The van der Waals surface area contributed by atoms with Crippen LogP contribution in [0, 0.1) is 17.2 Å². The summed E-state index contributed by atoms with van der Waals surface area (Å²) in [5, 5.41) is 17.6. The number of fused-ring (bicyclic) bond motifs is 2. The van der Waals surface area contributed by atoms with Crippen LogP contribution in [0.4, 0.5) is 24.7 Å². The quantitative estimate of drug-likeness (QED) is 0.527. The summed E-state index contributed by atoms with van der Waals surface area (Å²) in [5.41, 5.74) is 0.763. The fourth-order valence-electron chi connectivity index (χ4n) is 5.21. The van der Waals surface area contributed by atoms with Crippen LogP contribution in [0.2, 0.25) is 0 Å². The van der Waals surface area contributed by atoms with Gasteiger partial charge in [-0.25, -0.2) is 8.42 Å². The van der Waals surface area contributed by atoms with Gasteiger partial charge in [-0.2, -0.15) is 27.8 Å². The van der Waals surface area contributed by atoms with Crippen molar-refractivity contribution in [3.63, 3.8) is 0 Å². The molecule has 0 spiro atoms. The number of rotatable bonds is 4. The van der Waals surface area contributed by atoms with Crippen molar-refractivity contribution < 1.29 is 21.6 Å². The zero-order valence-electron chi connectivity index (χ0n) is 19.2. The van der Waals surface area contributed by atoms with E-state index in [1.807, 2.05) is 0 Å². The third kappa shape index (κ3) is 4.04. The van der Waals surface area contributed by atoms with Crippen LogP contribution in [0.1, 0.15) is 50.3 Å². The average Bonchev–Trinajstić information content (AvgIpc) is 3.28. The molecule has 1 aromatic carbocycles. The van der Waals surface area contributed by atoms with E-state index in [4.69, 9.17) is 0 Å². The van der Waals surface area contributed by atoms with Gasteiger partial charge < -0.3 is 10.3 Å². The van der Waals surface area contributed by atoms with Crippen LogP contribution in [0.5, 0.6) is 0 Å². The summed E-state index contributed by atoms with van der Waals surface area (Å²) in [6.07, 6.45) is 0.180. The van der Waals surface area contributed by atoms with Gasteiger partial charge in [0.25, 0.3) is 5.56 Å². The van der Waals surface area contributed by atoms with Gasteiger partial charge in [0.05, 0.1) is 28.4 Å². The molecule has 2 N–H and O–H groups in total. The molecule has 3 heterocycles. The number of aromatic amines is 1. The molecule has 13 heteroatoms. The maximum Gasteiger partial charge on any atom is 0.402 e. The number of alkyl halides is 3. The third-order valence-electron chi connectivity index (χ3n) is 6.92. The van der Waals surface area contributed by atoms with Gasteiger partial charge in [0.2, 0.25) is 10.0 Å². The molecule has 1 aliphatic carbocycles. The van der Waals surface area contributed by atoms with Crippen LogP contribution < -0.4 is 10.9 Å². The minimum absolute atomic E-state index is 0.183. The van der Waals surface area contributed by atoms with E-state index in [0.717, 1.165) is 25.7 Å². The number of aromatic nitrogens is 3. The highest BCUT2D eigenvalue weighted by Gasteiger charge is 2.46. The highest BCUT2D eigenvalue weighted by Crippen LogP contribution is 2.43. The second-order valence-corrected chi connectivity index (χ2v) is 11.0. The number of halogens is 3. The molecule has 1 fully saturated rings. The Morgan fingerprint density at radius 3 is 2.72 bits per heavy atom. The van der Waals surface area contributed by atoms with Gasteiger partial charge in [0.15, 0.2) is 5.82 Å². The first-order valence-electron chi connectivity index (χ1n) is 11.5. The highest BCUT2D eigenvalue weighted by molar-refractivity contribution is 7.89. The Hall–Kier alpha value is -3.37. The van der Waals surface area contributed by atoms with Crippen LogP contribution in [0.15, 0.2) is 40.2 Å². The molecule has 0 radical (unpaired) electrons. The lowest BCUT2D eigenvalue weighted by molar-refractivity contribution is -0.138. The standard InChI is InChI=1S/C23H23F3N6O3S/c1-13-16-10-15(6-7-19(16)36(34,35)31(13)12-23(24,25)26)29-21-20-18(8-9-28-22(20)33)32(30-21)17-5-3-2-4-14(17)11-27/h6-10,13-14,17H,2-5,12H2,1H3,(H,28,33)(H,29,30). The smallest absolute Gasteiger partial charge is 0.338 e. The molecule has 3 atom stereocenters. The first-order chi connectivity index (χ1) is 17.0. The number of nitriles is 1. The van der Waals surface area contributed by atoms with E-state index in [1.165, 1.54) is 31.3 Å². The molecule has 3 aromatic rings. The van der Waals surface area contributed by atoms with Crippen molar-refractivity contribution in [3.8, 4) is 6.07 Å². The number of nitrogens with one attached hydrogen (secondary N) is 2. The van der Waals surface area contributed by atoms with Gasteiger partial charge >= 0.3 is 6.18 Å². The lowest BCUT2D eigenvalue weighted by Crippen LogP contribution is -2.36. The number of hydrogen-bond acceptors (Lipinski definition) is 6. The lowest BCUT2D eigenvalue weighted by atomic mass is 9.85. The molecular formula is C23H23F3N6O3S.